The van der Waals surface area contributed by atoms with Crippen LogP contribution in [0.2, 0.25) is 0 Å². The van der Waals surface area contributed by atoms with E-state index in [0.717, 1.165) is 18.3 Å². The zero-order chi connectivity index (χ0) is 13.8. The summed E-state index contributed by atoms with van der Waals surface area (Å²) in [5, 5.41) is 9.06. The molecule has 0 saturated heterocycles. The number of hydrogen-bond donors (Lipinski definition) is 1. The van der Waals surface area contributed by atoms with Gasteiger partial charge in [0.25, 0.3) is 0 Å². The first kappa shape index (κ1) is 13.4. The van der Waals surface area contributed by atoms with Crippen LogP contribution in [0.25, 0.3) is 0 Å². The molecule has 1 aromatic heterocycles. The summed E-state index contributed by atoms with van der Waals surface area (Å²) in [6.45, 7) is -3.31. The van der Waals surface area contributed by atoms with Crippen molar-refractivity contribution >= 4 is 0 Å². The van der Waals surface area contributed by atoms with E-state index in [1.54, 1.807) is 0 Å². The molecule has 1 heterocycles. The average Bonchev–Trinajstić information content (AvgIpc) is 2.85. The number of halogens is 3. The van der Waals surface area contributed by atoms with Gasteiger partial charge in [-0.05, 0) is 18.2 Å². The molecule has 0 fully saturated rings. The lowest BCUT2D eigenvalue weighted by molar-refractivity contribution is 0.0631. The van der Waals surface area contributed by atoms with Crippen molar-refractivity contribution in [1.82, 2.24) is 9.55 Å². The third-order valence-corrected chi connectivity index (χ3v) is 2.51. The predicted octanol–water partition coefficient (Wildman–Crippen LogP) is 2.49. The Balaban J connectivity index is 2.12. The minimum absolute atomic E-state index is 0.0446. The molecule has 0 atom stereocenters. The van der Waals surface area contributed by atoms with Gasteiger partial charge in [-0.2, -0.15) is 8.78 Å². The second kappa shape index (κ2) is 5.75. The quantitative estimate of drug-likeness (QED) is 0.909. The number of hydrogen-bond acceptors (Lipinski definition) is 3. The normalized spacial score (nSPS) is 11.0. The summed E-state index contributed by atoms with van der Waals surface area (Å²) in [4.78, 5) is 3.75. The maximum absolute atomic E-state index is 12.9. The molecule has 0 aliphatic carbocycles. The molecular weight excluding hydrogens is 261 g/mol. The summed E-state index contributed by atoms with van der Waals surface area (Å²) < 4.78 is 44.0. The van der Waals surface area contributed by atoms with Gasteiger partial charge in [-0.3, -0.25) is 4.57 Å². The Bertz CT molecular complexity index is 558. The van der Waals surface area contributed by atoms with Gasteiger partial charge < -0.3 is 9.84 Å². The third kappa shape index (κ3) is 3.05. The number of aliphatic hydroxyl groups excluding tert-OH is 1. The second-order valence-electron chi connectivity index (χ2n) is 3.73. The van der Waals surface area contributed by atoms with Crippen LogP contribution in [0.3, 0.4) is 0 Å². The topological polar surface area (TPSA) is 47.3 Å². The molecule has 1 N–H and O–H groups in total. The first-order valence-corrected chi connectivity index (χ1v) is 5.43. The summed E-state index contributed by atoms with van der Waals surface area (Å²) >= 11 is 0. The summed E-state index contributed by atoms with van der Waals surface area (Å²) in [7, 11) is 0. The number of benzene rings is 1. The molecule has 0 spiro atoms. The molecule has 4 nitrogen and oxygen atoms in total. The molecule has 7 heteroatoms. The van der Waals surface area contributed by atoms with Gasteiger partial charge in [0.05, 0.1) is 6.61 Å². The molecule has 1 aromatic carbocycles. The van der Waals surface area contributed by atoms with Gasteiger partial charge in [-0.25, -0.2) is 9.37 Å². The van der Waals surface area contributed by atoms with Crippen LogP contribution in [-0.2, 0) is 13.2 Å². The Morgan fingerprint density at radius 2 is 2.16 bits per heavy atom. The number of rotatable bonds is 5. The van der Waals surface area contributed by atoms with E-state index in [1.807, 2.05) is 0 Å². The lowest BCUT2D eigenvalue weighted by atomic mass is 10.2. The van der Waals surface area contributed by atoms with Crippen LogP contribution in [0.1, 0.15) is 17.9 Å². The van der Waals surface area contributed by atoms with Gasteiger partial charge in [0.1, 0.15) is 18.2 Å². The molecule has 0 radical (unpaired) electrons. The number of aliphatic hydroxyl groups is 1. The van der Waals surface area contributed by atoms with Gasteiger partial charge in [-0.1, -0.05) is 0 Å². The Labute approximate surface area is 107 Å². The van der Waals surface area contributed by atoms with Crippen LogP contribution in [0, 0.1) is 5.82 Å². The summed E-state index contributed by atoms with van der Waals surface area (Å²) in [6.07, 6.45) is 2.38. The van der Waals surface area contributed by atoms with E-state index in [0.29, 0.717) is 4.57 Å². The standard InChI is InChI=1S/C12H11F3N2O2/c13-9-1-2-10(8(5-9)6-18)19-7-11-16-3-4-17(11)12(14)15/h1-5,12,18H,6-7H2. The molecular formula is C12H11F3N2O2. The number of ether oxygens (including phenoxy) is 1. The number of aromatic nitrogens is 2. The number of alkyl halides is 2. The van der Waals surface area contributed by atoms with E-state index in [1.165, 1.54) is 12.3 Å². The smallest absolute Gasteiger partial charge is 0.320 e. The minimum Gasteiger partial charge on any atom is -0.485 e. The van der Waals surface area contributed by atoms with Gasteiger partial charge in [0.15, 0.2) is 5.82 Å². The van der Waals surface area contributed by atoms with Crippen LogP contribution in [0.5, 0.6) is 5.75 Å². The summed E-state index contributed by atoms with van der Waals surface area (Å²) in [5.74, 6) is -0.235. The fraction of sp³-hybridized carbons (Fsp3) is 0.250. The van der Waals surface area contributed by atoms with Crippen LogP contribution in [0.4, 0.5) is 13.2 Å². The van der Waals surface area contributed by atoms with E-state index >= 15 is 0 Å². The first-order chi connectivity index (χ1) is 9.11. The largest absolute Gasteiger partial charge is 0.485 e. The molecule has 0 aliphatic rings. The minimum atomic E-state index is -2.70. The lowest BCUT2D eigenvalue weighted by Gasteiger charge is -2.11. The number of nitrogens with zero attached hydrogens (tertiary/aromatic N) is 2. The molecule has 0 amide bonds. The van der Waals surface area contributed by atoms with Crippen LogP contribution >= 0.6 is 0 Å². The van der Waals surface area contributed by atoms with Crippen molar-refractivity contribution in [2.45, 2.75) is 19.8 Å². The van der Waals surface area contributed by atoms with Crippen LogP contribution in [0.15, 0.2) is 30.6 Å². The van der Waals surface area contributed by atoms with Crippen molar-refractivity contribution in [2.24, 2.45) is 0 Å². The van der Waals surface area contributed by atoms with E-state index in [9.17, 15) is 13.2 Å². The van der Waals surface area contributed by atoms with Gasteiger partial charge in [0, 0.05) is 18.0 Å². The molecule has 19 heavy (non-hydrogen) atoms. The fourth-order valence-electron chi connectivity index (χ4n) is 1.59. The molecule has 0 saturated carbocycles. The molecule has 0 unspecified atom stereocenters. The highest BCUT2D eigenvalue weighted by atomic mass is 19.3. The lowest BCUT2D eigenvalue weighted by Crippen LogP contribution is -2.08. The highest BCUT2D eigenvalue weighted by Gasteiger charge is 2.12. The van der Waals surface area contributed by atoms with Gasteiger partial charge >= 0.3 is 6.55 Å². The van der Waals surface area contributed by atoms with Crippen molar-refractivity contribution in [3.05, 3.63) is 47.8 Å². The monoisotopic (exact) mass is 272 g/mol. The third-order valence-electron chi connectivity index (χ3n) is 2.51. The van der Waals surface area contributed by atoms with Gasteiger partial charge in [0.2, 0.25) is 0 Å². The Kier molecular flexibility index (Phi) is 4.06. The van der Waals surface area contributed by atoms with Crippen LogP contribution in [-0.4, -0.2) is 14.7 Å². The summed E-state index contributed by atoms with van der Waals surface area (Å²) in [6, 6.07) is 3.61. The van der Waals surface area contributed by atoms with E-state index in [2.05, 4.69) is 4.98 Å². The highest BCUT2D eigenvalue weighted by Crippen LogP contribution is 2.21. The SMILES string of the molecule is OCc1cc(F)ccc1OCc1nccn1C(F)F. The van der Waals surface area contributed by atoms with E-state index in [-0.39, 0.29) is 23.7 Å². The van der Waals surface area contributed by atoms with Gasteiger partial charge in [-0.15, -0.1) is 0 Å². The summed E-state index contributed by atoms with van der Waals surface area (Å²) in [5.41, 5.74) is 0.246. The molecule has 0 aliphatic heterocycles. The Morgan fingerprint density at radius 3 is 2.84 bits per heavy atom. The maximum Gasteiger partial charge on any atom is 0.320 e. The first-order valence-electron chi connectivity index (χ1n) is 5.43. The maximum atomic E-state index is 12.9. The number of imidazole rings is 1. The fourth-order valence-corrected chi connectivity index (χ4v) is 1.59. The molecule has 102 valence electrons. The zero-order valence-electron chi connectivity index (χ0n) is 9.76. The van der Waals surface area contributed by atoms with Crippen molar-refractivity contribution in [1.29, 1.82) is 0 Å². The molecule has 2 aromatic rings. The average molecular weight is 272 g/mol. The molecule has 0 bridgehead atoms. The van der Waals surface area contributed by atoms with E-state index in [4.69, 9.17) is 9.84 Å². The Morgan fingerprint density at radius 1 is 1.37 bits per heavy atom. The van der Waals surface area contributed by atoms with Crippen molar-refractivity contribution in [3.63, 3.8) is 0 Å². The van der Waals surface area contributed by atoms with Crippen molar-refractivity contribution in [3.8, 4) is 5.75 Å². The van der Waals surface area contributed by atoms with Crippen molar-refractivity contribution < 1.29 is 23.0 Å². The van der Waals surface area contributed by atoms with E-state index < -0.39 is 19.0 Å². The Hall–Kier alpha value is -2.02. The van der Waals surface area contributed by atoms with Crippen LogP contribution < -0.4 is 4.74 Å². The molecule has 2 rings (SSSR count). The zero-order valence-corrected chi connectivity index (χ0v) is 9.76. The highest BCUT2D eigenvalue weighted by molar-refractivity contribution is 5.33. The van der Waals surface area contributed by atoms with Crippen molar-refractivity contribution in [2.75, 3.05) is 0 Å². The predicted molar refractivity (Wildman–Crippen MR) is 60.1 cm³/mol. The second-order valence-corrected chi connectivity index (χ2v) is 3.73.